The number of rotatable bonds is 3. The van der Waals surface area contributed by atoms with Gasteiger partial charge in [0, 0.05) is 18.5 Å². The molecule has 1 saturated heterocycles. The number of morpholine rings is 1. The lowest BCUT2D eigenvalue weighted by atomic mass is 10.1. The number of nitrogens with zero attached hydrogens (tertiary/aromatic N) is 1. The summed E-state index contributed by atoms with van der Waals surface area (Å²) in [7, 11) is 0. The van der Waals surface area contributed by atoms with Gasteiger partial charge in [0.15, 0.2) is 5.69 Å². The van der Waals surface area contributed by atoms with Gasteiger partial charge in [-0.25, -0.2) is 8.78 Å². The smallest absolute Gasteiger partial charge is 0.276 e. The van der Waals surface area contributed by atoms with Gasteiger partial charge in [-0.2, -0.15) is 5.10 Å². The standard InChI is InChI=1S/C18H16F2N4O2/c19-11-2-3-12-15(8-11)23-24-17(12)18(25)22-14-4-1-10(7-13(14)20)16-9-21-5-6-26-16/h1-4,7-8,16,21H,5-6,9H2,(H,22,25)(H,23,24)/t16-/m1/s1. The maximum absolute atomic E-state index is 14.4. The Morgan fingerprint density at radius 3 is 2.88 bits per heavy atom. The molecular weight excluding hydrogens is 342 g/mol. The first-order valence-corrected chi connectivity index (χ1v) is 8.18. The van der Waals surface area contributed by atoms with E-state index >= 15 is 0 Å². The monoisotopic (exact) mass is 358 g/mol. The number of hydrogen-bond acceptors (Lipinski definition) is 4. The van der Waals surface area contributed by atoms with Crippen molar-refractivity contribution in [1.29, 1.82) is 0 Å². The molecule has 3 N–H and O–H groups in total. The van der Waals surface area contributed by atoms with Crippen molar-refractivity contribution in [2.24, 2.45) is 0 Å². The zero-order valence-corrected chi connectivity index (χ0v) is 13.7. The maximum Gasteiger partial charge on any atom is 0.276 e. The molecule has 0 saturated carbocycles. The van der Waals surface area contributed by atoms with Gasteiger partial charge < -0.3 is 15.4 Å². The van der Waals surface area contributed by atoms with E-state index in [0.717, 1.165) is 6.54 Å². The highest BCUT2D eigenvalue weighted by Gasteiger charge is 2.19. The number of hydrogen-bond donors (Lipinski definition) is 3. The molecule has 0 aliphatic carbocycles. The molecule has 0 bridgehead atoms. The Morgan fingerprint density at radius 1 is 1.23 bits per heavy atom. The molecule has 1 amide bonds. The summed E-state index contributed by atoms with van der Waals surface area (Å²) in [6.45, 7) is 1.95. The molecule has 1 aliphatic heterocycles. The molecule has 134 valence electrons. The number of H-pyrrole nitrogens is 1. The van der Waals surface area contributed by atoms with Gasteiger partial charge in [0.2, 0.25) is 0 Å². The minimum absolute atomic E-state index is 0.0424. The summed E-state index contributed by atoms with van der Waals surface area (Å²) in [6, 6.07) is 8.50. The molecule has 0 unspecified atom stereocenters. The number of halogens is 2. The first-order chi connectivity index (χ1) is 12.6. The minimum Gasteiger partial charge on any atom is -0.371 e. The number of carbonyl (C=O) groups is 1. The normalized spacial score (nSPS) is 17.4. The van der Waals surface area contributed by atoms with Crippen molar-refractivity contribution in [2.75, 3.05) is 25.0 Å². The molecule has 8 heteroatoms. The van der Waals surface area contributed by atoms with Crippen LogP contribution in [0.4, 0.5) is 14.5 Å². The van der Waals surface area contributed by atoms with E-state index in [0.29, 0.717) is 29.6 Å². The van der Waals surface area contributed by atoms with Crippen LogP contribution >= 0.6 is 0 Å². The number of fused-ring (bicyclic) bond motifs is 1. The predicted octanol–water partition coefficient (Wildman–Crippen LogP) is 2.75. The van der Waals surface area contributed by atoms with Gasteiger partial charge in [-0.1, -0.05) is 6.07 Å². The van der Waals surface area contributed by atoms with E-state index in [9.17, 15) is 13.6 Å². The summed E-state index contributed by atoms with van der Waals surface area (Å²) in [5, 5.41) is 12.6. The highest BCUT2D eigenvalue weighted by Crippen LogP contribution is 2.25. The minimum atomic E-state index is -0.579. The molecule has 26 heavy (non-hydrogen) atoms. The fourth-order valence-electron chi connectivity index (χ4n) is 2.96. The molecule has 6 nitrogen and oxygen atoms in total. The third-order valence-corrected chi connectivity index (χ3v) is 4.28. The fourth-order valence-corrected chi connectivity index (χ4v) is 2.96. The lowest BCUT2D eigenvalue weighted by Gasteiger charge is -2.24. The van der Waals surface area contributed by atoms with Crippen LogP contribution in [0.3, 0.4) is 0 Å². The van der Waals surface area contributed by atoms with Crippen molar-refractivity contribution in [3.05, 3.63) is 59.3 Å². The van der Waals surface area contributed by atoms with Crippen molar-refractivity contribution in [2.45, 2.75) is 6.10 Å². The summed E-state index contributed by atoms with van der Waals surface area (Å²) >= 11 is 0. The van der Waals surface area contributed by atoms with Crippen molar-refractivity contribution in [3.8, 4) is 0 Å². The molecular formula is C18H16F2N4O2. The largest absolute Gasteiger partial charge is 0.371 e. The molecule has 1 fully saturated rings. The van der Waals surface area contributed by atoms with Crippen LogP contribution in [0, 0.1) is 11.6 Å². The summed E-state index contributed by atoms with van der Waals surface area (Å²) < 4.78 is 33.2. The second kappa shape index (κ2) is 6.81. The molecule has 0 spiro atoms. The topological polar surface area (TPSA) is 79.0 Å². The van der Waals surface area contributed by atoms with Gasteiger partial charge in [0.25, 0.3) is 5.91 Å². The first kappa shape index (κ1) is 16.6. The van der Waals surface area contributed by atoms with Crippen LogP contribution in [0.1, 0.15) is 22.2 Å². The highest BCUT2D eigenvalue weighted by atomic mass is 19.1. The van der Waals surface area contributed by atoms with Crippen molar-refractivity contribution in [1.82, 2.24) is 15.5 Å². The third kappa shape index (κ3) is 3.16. The van der Waals surface area contributed by atoms with E-state index < -0.39 is 17.5 Å². The van der Waals surface area contributed by atoms with Gasteiger partial charge in [-0.15, -0.1) is 0 Å². The van der Waals surface area contributed by atoms with Crippen molar-refractivity contribution >= 4 is 22.5 Å². The molecule has 3 aromatic rings. The van der Waals surface area contributed by atoms with E-state index in [1.807, 2.05) is 0 Å². The number of ether oxygens (including phenoxy) is 1. The number of amides is 1. The fraction of sp³-hybridized carbons (Fsp3) is 0.222. The molecule has 2 aromatic carbocycles. The Kier molecular flexibility index (Phi) is 4.36. The molecule has 4 rings (SSSR count). The zero-order chi connectivity index (χ0) is 18.1. The van der Waals surface area contributed by atoms with E-state index in [2.05, 4.69) is 20.8 Å². The molecule has 1 aliphatic rings. The molecule has 0 radical (unpaired) electrons. The van der Waals surface area contributed by atoms with Crippen LogP contribution in [0.2, 0.25) is 0 Å². The second-order valence-electron chi connectivity index (χ2n) is 6.02. The van der Waals surface area contributed by atoms with E-state index in [-0.39, 0.29) is 17.5 Å². The van der Waals surface area contributed by atoms with Crippen LogP contribution < -0.4 is 10.6 Å². The highest BCUT2D eigenvalue weighted by molar-refractivity contribution is 6.11. The van der Waals surface area contributed by atoms with Crippen molar-refractivity contribution < 1.29 is 18.3 Å². The lowest BCUT2D eigenvalue weighted by molar-refractivity contribution is 0.0275. The van der Waals surface area contributed by atoms with E-state index in [1.54, 1.807) is 6.07 Å². The quantitative estimate of drug-likeness (QED) is 0.673. The maximum atomic E-state index is 14.4. The Hall–Kier alpha value is -2.84. The summed E-state index contributed by atoms with van der Waals surface area (Å²) in [5.41, 5.74) is 1.21. The van der Waals surface area contributed by atoms with Crippen LogP contribution in [0.25, 0.3) is 10.9 Å². The van der Waals surface area contributed by atoms with Crippen molar-refractivity contribution in [3.63, 3.8) is 0 Å². The number of benzene rings is 2. The average molecular weight is 358 g/mol. The lowest BCUT2D eigenvalue weighted by Crippen LogP contribution is -2.33. The molecule has 2 heterocycles. The second-order valence-corrected chi connectivity index (χ2v) is 6.02. The molecule has 1 aromatic heterocycles. The summed E-state index contributed by atoms with van der Waals surface area (Å²) in [5.74, 6) is -1.57. The van der Waals surface area contributed by atoms with Crippen LogP contribution in [0.15, 0.2) is 36.4 Å². The zero-order valence-electron chi connectivity index (χ0n) is 13.7. The number of aromatic amines is 1. The summed E-state index contributed by atoms with van der Waals surface area (Å²) in [4.78, 5) is 12.4. The number of anilines is 1. The van der Waals surface area contributed by atoms with Gasteiger partial charge in [-0.3, -0.25) is 9.89 Å². The Bertz CT molecular complexity index is 967. The van der Waals surface area contributed by atoms with E-state index in [4.69, 9.17) is 4.74 Å². The Labute approximate surface area is 147 Å². The molecule has 1 atom stereocenters. The Morgan fingerprint density at radius 2 is 2.12 bits per heavy atom. The Balaban J connectivity index is 1.55. The first-order valence-electron chi connectivity index (χ1n) is 8.18. The number of aromatic nitrogens is 2. The number of carbonyl (C=O) groups excluding carboxylic acids is 1. The van der Waals surface area contributed by atoms with Gasteiger partial charge in [0.1, 0.15) is 11.6 Å². The number of nitrogens with one attached hydrogen (secondary N) is 3. The van der Waals surface area contributed by atoms with Crippen LogP contribution in [0.5, 0.6) is 0 Å². The SMILES string of the molecule is O=C(Nc1ccc([C@H]2CNCCO2)cc1F)c1n[nH]c2cc(F)ccc12. The van der Waals surface area contributed by atoms with Gasteiger partial charge in [0.05, 0.1) is 23.9 Å². The average Bonchev–Trinajstić information content (AvgIpc) is 3.07. The third-order valence-electron chi connectivity index (χ3n) is 4.28. The van der Waals surface area contributed by atoms with Gasteiger partial charge >= 0.3 is 0 Å². The predicted molar refractivity (Wildman–Crippen MR) is 92.0 cm³/mol. The van der Waals surface area contributed by atoms with E-state index in [1.165, 1.54) is 30.3 Å². The van der Waals surface area contributed by atoms with Crippen LogP contribution in [-0.4, -0.2) is 35.8 Å². The summed E-state index contributed by atoms with van der Waals surface area (Å²) in [6.07, 6.45) is -0.215. The van der Waals surface area contributed by atoms with Crippen LogP contribution in [-0.2, 0) is 4.74 Å². The van der Waals surface area contributed by atoms with Gasteiger partial charge in [-0.05, 0) is 35.9 Å².